The van der Waals surface area contributed by atoms with Crippen molar-refractivity contribution in [3.05, 3.63) is 29.8 Å². The van der Waals surface area contributed by atoms with Gasteiger partial charge in [0.05, 0.1) is 6.61 Å². The van der Waals surface area contributed by atoms with Gasteiger partial charge in [-0.15, -0.1) is 0 Å². The van der Waals surface area contributed by atoms with Gasteiger partial charge in [0.25, 0.3) is 0 Å². The molecule has 1 unspecified atom stereocenters. The van der Waals surface area contributed by atoms with Gasteiger partial charge >= 0.3 is 0 Å². The number of benzene rings is 1. The number of carbonyl (C=O) groups excluding carboxylic acids is 1. The van der Waals surface area contributed by atoms with Crippen molar-refractivity contribution in [1.82, 2.24) is 0 Å². The van der Waals surface area contributed by atoms with Crippen LogP contribution in [0.25, 0.3) is 0 Å². The molecule has 2 rings (SSSR count). The molecule has 1 heterocycles. The van der Waals surface area contributed by atoms with Crippen LogP contribution in [0.4, 0.5) is 8.78 Å². The molecular formula is C12H12F2O4S. The summed E-state index contributed by atoms with van der Waals surface area (Å²) < 4.78 is 55.2. The predicted molar refractivity (Wildman–Crippen MR) is 62.3 cm³/mol. The van der Waals surface area contributed by atoms with Gasteiger partial charge in [0.15, 0.2) is 15.6 Å². The summed E-state index contributed by atoms with van der Waals surface area (Å²) in [6, 6.07) is 2.13. The lowest BCUT2D eigenvalue weighted by Gasteiger charge is -2.08. The van der Waals surface area contributed by atoms with Crippen molar-refractivity contribution in [2.24, 2.45) is 5.92 Å². The molecule has 1 aromatic carbocycles. The number of ether oxygens (including phenoxy) is 1. The van der Waals surface area contributed by atoms with E-state index in [4.69, 9.17) is 4.74 Å². The molecule has 1 aliphatic rings. The fourth-order valence-corrected chi connectivity index (χ4v) is 3.31. The summed E-state index contributed by atoms with van der Waals surface area (Å²) in [5, 5.41) is 0. The molecule has 1 aliphatic heterocycles. The van der Waals surface area contributed by atoms with Crippen molar-refractivity contribution in [2.45, 2.75) is 11.3 Å². The predicted octanol–water partition coefficient (Wildman–Crippen LogP) is 1.34. The third-order valence-electron chi connectivity index (χ3n) is 2.95. The highest BCUT2D eigenvalue weighted by Gasteiger charge is 2.30. The largest absolute Gasteiger partial charge is 0.381 e. The first kappa shape index (κ1) is 14.1. The number of halogens is 2. The first-order chi connectivity index (χ1) is 8.90. The molecule has 104 valence electrons. The Kier molecular flexibility index (Phi) is 3.96. The van der Waals surface area contributed by atoms with Gasteiger partial charge < -0.3 is 4.74 Å². The molecule has 0 aliphatic carbocycles. The molecule has 0 N–H and O–H groups in total. The van der Waals surface area contributed by atoms with Crippen molar-refractivity contribution in [2.75, 3.05) is 19.0 Å². The van der Waals surface area contributed by atoms with Gasteiger partial charge in [0.1, 0.15) is 22.3 Å². The summed E-state index contributed by atoms with van der Waals surface area (Å²) >= 11 is 0. The number of hydrogen-bond acceptors (Lipinski definition) is 4. The van der Waals surface area contributed by atoms with E-state index in [9.17, 15) is 22.0 Å². The summed E-state index contributed by atoms with van der Waals surface area (Å²) in [6.45, 7) is 0.588. The Bertz CT molecular complexity index is 592. The summed E-state index contributed by atoms with van der Waals surface area (Å²) in [4.78, 5) is 11.0. The van der Waals surface area contributed by atoms with E-state index >= 15 is 0 Å². The summed E-state index contributed by atoms with van der Waals surface area (Å²) in [5.41, 5.74) is 0. The minimum Gasteiger partial charge on any atom is -0.381 e. The monoisotopic (exact) mass is 290 g/mol. The molecule has 0 bridgehead atoms. The molecule has 1 aromatic rings. The van der Waals surface area contributed by atoms with Crippen LogP contribution in [-0.2, 0) is 19.4 Å². The zero-order chi connectivity index (χ0) is 14.0. The van der Waals surface area contributed by atoms with Crippen LogP contribution in [0.3, 0.4) is 0 Å². The average molecular weight is 290 g/mol. The quantitative estimate of drug-likeness (QED) is 0.839. The van der Waals surface area contributed by atoms with E-state index in [0.29, 0.717) is 19.1 Å². The lowest BCUT2D eigenvalue weighted by atomic mass is 10.1. The molecule has 1 fully saturated rings. The van der Waals surface area contributed by atoms with E-state index in [0.717, 1.165) is 12.1 Å². The van der Waals surface area contributed by atoms with Gasteiger partial charge in [0.2, 0.25) is 0 Å². The first-order valence-electron chi connectivity index (χ1n) is 5.68. The van der Waals surface area contributed by atoms with Crippen LogP contribution in [-0.4, -0.2) is 33.2 Å². The number of hydrogen-bond donors (Lipinski definition) is 0. The highest BCUT2D eigenvalue weighted by Crippen LogP contribution is 2.20. The zero-order valence-corrected chi connectivity index (χ0v) is 10.8. The Morgan fingerprint density at radius 1 is 1.37 bits per heavy atom. The number of carbonyl (C=O) groups is 1. The van der Waals surface area contributed by atoms with Gasteiger partial charge in [-0.3, -0.25) is 4.79 Å². The normalized spacial score (nSPS) is 19.6. The van der Waals surface area contributed by atoms with E-state index in [1.807, 2.05) is 0 Å². The Morgan fingerprint density at radius 2 is 2.11 bits per heavy atom. The van der Waals surface area contributed by atoms with Crippen LogP contribution >= 0.6 is 0 Å². The average Bonchev–Trinajstić information content (AvgIpc) is 2.85. The molecule has 7 heteroatoms. The molecular weight excluding hydrogens is 278 g/mol. The number of ketones is 1. The fraction of sp³-hybridized carbons (Fsp3) is 0.417. The van der Waals surface area contributed by atoms with Crippen LogP contribution in [0.2, 0.25) is 0 Å². The van der Waals surface area contributed by atoms with Crippen LogP contribution in [0.5, 0.6) is 0 Å². The van der Waals surface area contributed by atoms with Crippen molar-refractivity contribution in [3.8, 4) is 0 Å². The maximum atomic E-state index is 13.4. The Morgan fingerprint density at radius 3 is 2.74 bits per heavy atom. The summed E-state index contributed by atoms with van der Waals surface area (Å²) in [5.74, 6) is -3.76. The smallest absolute Gasteiger partial charge is 0.188 e. The number of sulfone groups is 1. The van der Waals surface area contributed by atoms with E-state index in [-0.39, 0.29) is 6.61 Å². The van der Waals surface area contributed by atoms with Gasteiger partial charge in [-0.25, -0.2) is 17.2 Å². The number of Topliss-reactive ketones (excluding diaryl/α,β-unsaturated/α-hetero) is 1. The highest BCUT2D eigenvalue weighted by atomic mass is 32.2. The van der Waals surface area contributed by atoms with Crippen molar-refractivity contribution >= 4 is 15.6 Å². The van der Waals surface area contributed by atoms with Crippen LogP contribution in [0, 0.1) is 17.6 Å². The van der Waals surface area contributed by atoms with Crippen LogP contribution in [0.1, 0.15) is 6.42 Å². The second-order valence-electron chi connectivity index (χ2n) is 4.36. The third-order valence-corrected chi connectivity index (χ3v) is 4.59. The second-order valence-corrected chi connectivity index (χ2v) is 6.32. The lowest BCUT2D eigenvalue weighted by molar-refractivity contribution is -0.120. The minimum absolute atomic E-state index is 0.181. The Hall–Kier alpha value is -1.34. The maximum absolute atomic E-state index is 13.4. The standard InChI is InChI=1S/C12H12F2O4S/c13-9-1-2-10(14)12(5-9)19(16,17)7-11(15)8-3-4-18-6-8/h1-2,5,8H,3-4,6-7H2. The summed E-state index contributed by atoms with van der Waals surface area (Å²) in [6.07, 6.45) is 0.458. The minimum atomic E-state index is -4.17. The summed E-state index contributed by atoms with van der Waals surface area (Å²) in [7, 11) is -4.17. The highest BCUT2D eigenvalue weighted by molar-refractivity contribution is 7.92. The van der Waals surface area contributed by atoms with Crippen LogP contribution in [0.15, 0.2) is 23.1 Å². The van der Waals surface area contributed by atoms with E-state index < -0.39 is 43.8 Å². The van der Waals surface area contributed by atoms with Crippen molar-refractivity contribution in [3.63, 3.8) is 0 Å². The van der Waals surface area contributed by atoms with Crippen LogP contribution < -0.4 is 0 Å². The van der Waals surface area contributed by atoms with Gasteiger partial charge in [0, 0.05) is 12.5 Å². The van der Waals surface area contributed by atoms with E-state index in [1.165, 1.54) is 0 Å². The molecule has 0 aromatic heterocycles. The Balaban J connectivity index is 2.22. The first-order valence-corrected chi connectivity index (χ1v) is 7.33. The van der Waals surface area contributed by atoms with E-state index in [1.54, 1.807) is 0 Å². The molecule has 4 nitrogen and oxygen atoms in total. The molecule has 1 atom stereocenters. The SMILES string of the molecule is O=C(CS(=O)(=O)c1cc(F)ccc1F)C1CCOC1. The topological polar surface area (TPSA) is 60.4 Å². The van der Waals surface area contributed by atoms with Crippen molar-refractivity contribution in [1.29, 1.82) is 0 Å². The van der Waals surface area contributed by atoms with E-state index in [2.05, 4.69) is 0 Å². The molecule has 0 spiro atoms. The van der Waals surface area contributed by atoms with Crippen molar-refractivity contribution < 1.29 is 26.7 Å². The zero-order valence-electron chi connectivity index (χ0n) is 9.93. The second kappa shape index (κ2) is 5.34. The Labute approximate surface area is 109 Å². The fourth-order valence-electron chi connectivity index (χ4n) is 1.89. The number of rotatable bonds is 4. The molecule has 0 saturated carbocycles. The molecule has 0 radical (unpaired) electrons. The molecule has 19 heavy (non-hydrogen) atoms. The maximum Gasteiger partial charge on any atom is 0.188 e. The lowest BCUT2D eigenvalue weighted by Crippen LogP contribution is -2.24. The molecule has 0 amide bonds. The molecule has 1 saturated heterocycles. The van der Waals surface area contributed by atoms with Gasteiger partial charge in [-0.1, -0.05) is 0 Å². The van der Waals surface area contributed by atoms with Gasteiger partial charge in [-0.05, 0) is 24.6 Å². The van der Waals surface area contributed by atoms with Gasteiger partial charge in [-0.2, -0.15) is 0 Å². The third kappa shape index (κ3) is 3.16.